The van der Waals surface area contributed by atoms with Crippen molar-refractivity contribution in [2.24, 2.45) is 5.92 Å². The van der Waals surface area contributed by atoms with Gasteiger partial charge in [0.2, 0.25) is 0 Å². The van der Waals surface area contributed by atoms with Gasteiger partial charge in [0.1, 0.15) is 23.2 Å². The first-order valence-electron chi connectivity index (χ1n) is 9.59. The molecule has 29 heavy (non-hydrogen) atoms. The van der Waals surface area contributed by atoms with Gasteiger partial charge in [-0.15, -0.1) is 0 Å². The third-order valence-electron chi connectivity index (χ3n) is 4.79. The number of nitrogens with zero attached hydrogens (tertiary/aromatic N) is 4. The Morgan fingerprint density at radius 1 is 1.34 bits per heavy atom. The second kappa shape index (κ2) is 9.27. The first-order valence-corrected chi connectivity index (χ1v) is 9.97. The molecule has 2 aromatic heterocycles. The third kappa shape index (κ3) is 6.20. The van der Waals surface area contributed by atoms with Crippen molar-refractivity contribution in [1.29, 1.82) is 5.26 Å². The zero-order chi connectivity index (χ0) is 21.7. The summed E-state index contributed by atoms with van der Waals surface area (Å²) in [4.78, 5) is 20.5. The molecule has 1 N–H and O–H groups in total. The number of nitrogens with one attached hydrogen (secondary N) is 1. The molecular weight excluding hydrogens is 390 g/mol. The molecule has 0 bridgehead atoms. The zero-order valence-electron chi connectivity index (χ0n) is 17.6. The van der Waals surface area contributed by atoms with Crippen molar-refractivity contribution >= 4 is 17.7 Å². The largest absolute Gasteiger partial charge is 0.444 e. The highest BCUT2D eigenvalue weighted by Crippen LogP contribution is 2.33. The number of imidazole rings is 1. The summed E-state index contributed by atoms with van der Waals surface area (Å²) in [6.45, 7) is 9.88. The molecule has 0 aromatic carbocycles. The lowest BCUT2D eigenvalue weighted by atomic mass is 9.75. The van der Waals surface area contributed by atoms with Crippen LogP contribution in [0.25, 0.3) is 5.82 Å². The molecule has 156 valence electrons. The molecule has 0 saturated heterocycles. The van der Waals surface area contributed by atoms with E-state index < -0.39 is 17.1 Å². The minimum absolute atomic E-state index is 0.0365. The van der Waals surface area contributed by atoms with Crippen LogP contribution in [0, 0.1) is 17.2 Å². The lowest BCUT2D eigenvalue weighted by molar-refractivity contribution is 0.0526. The van der Waals surface area contributed by atoms with Gasteiger partial charge in [-0.05, 0) is 58.6 Å². The molecule has 0 aliphatic carbocycles. The Balaban J connectivity index is 1.97. The van der Waals surface area contributed by atoms with Crippen LogP contribution >= 0.6 is 11.6 Å². The Morgan fingerprint density at radius 2 is 2.07 bits per heavy atom. The molecule has 1 amide bonds. The molecule has 8 heteroatoms. The Hall–Kier alpha value is -2.59. The van der Waals surface area contributed by atoms with E-state index in [1.165, 1.54) is 0 Å². The predicted molar refractivity (Wildman–Crippen MR) is 112 cm³/mol. The van der Waals surface area contributed by atoms with Crippen molar-refractivity contribution in [3.05, 3.63) is 41.6 Å². The summed E-state index contributed by atoms with van der Waals surface area (Å²) in [7, 11) is 0. The maximum absolute atomic E-state index is 11.7. The average Bonchev–Trinajstić information content (AvgIpc) is 3.14. The first kappa shape index (κ1) is 22.7. The van der Waals surface area contributed by atoms with Crippen LogP contribution in [0.15, 0.2) is 30.9 Å². The van der Waals surface area contributed by atoms with Crippen LogP contribution in [-0.2, 0) is 10.2 Å². The zero-order valence-corrected chi connectivity index (χ0v) is 18.3. The smallest absolute Gasteiger partial charge is 0.407 e. The van der Waals surface area contributed by atoms with E-state index in [1.54, 1.807) is 29.2 Å². The Labute approximate surface area is 177 Å². The van der Waals surface area contributed by atoms with Crippen LogP contribution < -0.4 is 5.32 Å². The summed E-state index contributed by atoms with van der Waals surface area (Å²) in [5, 5.41) is 13.2. The van der Waals surface area contributed by atoms with Gasteiger partial charge >= 0.3 is 6.09 Å². The number of amides is 1. The summed E-state index contributed by atoms with van der Waals surface area (Å²) in [5.74, 6) is 0.720. The predicted octanol–water partition coefficient (Wildman–Crippen LogP) is 4.64. The minimum atomic E-state index is -0.760. The van der Waals surface area contributed by atoms with Crippen LogP contribution in [0.5, 0.6) is 0 Å². The Bertz CT molecular complexity index is 866. The van der Waals surface area contributed by atoms with E-state index >= 15 is 0 Å². The van der Waals surface area contributed by atoms with Gasteiger partial charge in [-0.2, -0.15) is 5.26 Å². The second-order valence-corrected chi connectivity index (χ2v) is 8.72. The number of rotatable bonds is 7. The van der Waals surface area contributed by atoms with Crippen molar-refractivity contribution in [2.45, 2.75) is 58.5 Å². The molecule has 0 aliphatic heterocycles. The van der Waals surface area contributed by atoms with Gasteiger partial charge in [-0.1, -0.05) is 18.5 Å². The van der Waals surface area contributed by atoms with Crippen molar-refractivity contribution in [3.63, 3.8) is 0 Å². The number of aromatic nitrogens is 3. The molecule has 2 heterocycles. The molecular formula is C21H28ClN5O2. The van der Waals surface area contributed by atoms with Crippen LogP contribution in [0.2, 0.25) is 5.02 Å². The van der Waals surface area contributed by atoms with Gasteiger partial charge in [0.05, 0.1) is 16.8 Å². The van der Waals surface area contributed by atoms with Crippen LogP contribution in [0.3, 0.4) is 0 Å². The van der Waals surface area contributed by atoms with E-state index in [9.17, 15) is 10.1 Å². The number of carbonyl (C=O) groups excluding carboxylic acids is 1. The van der Waals surface area contributed by atoms with E-state index in [2.05, 4.69) is 21.4 Å². The van der Waals surface area contributed by atoms with Crippen LogP contribution in [0.4, 0.5) is 4.79 Å². The fourth-order valence-electron chi connectivity index (χ4n) is 2.86. The molecule has 0 saturated carbocycles. The van der Waals surface area contributed by atoms with Gasteiger partial charge in [0.15, 0.2) is 0 Å². The standard InChI is InChI=1S/C21H28ClN5O2/c1-15(7-6-10-24-19(28)29-20(2,3)4)21(5,13-23)17-12-27(14-26-17)18-9-8-16(22)11-25-18/h8-9,11-12,14-15H,6-7,10H2,1-5H3,(H,24,28). The summed E-state index contributed by atoms with van der Waals surface area (Å²) in [6.07, 6.45) is 6.11. The number of hydrogen-bond donors (Lipinski definition) is 1. The first-order chi connectivity index (χ1) is 13.5. The quantitative estimate of drug-likeness (QED) is 0.662. The maximum atomic E-state index is 11.7. The number of halogens is 1. The van der Waals surface area contributed by atoms with E-state index in [-0.39, 0.29) is 5.92 Å². The van der Waals surface area contributed by atoms with Crippen molar-refractivity contribution in [1.82, 2.24) is 19.9 Å². The highest BCUT2D eigenvalue weighted by Gasteiger charge is 2.35. The van der Waals surface area contributed by atoms with Gasteiger partial charge in [0.25, 0.3) is 0 Å². The molecule has 2 aromatic rings. The van der Waals surface area contributed by atoms with Crippen LogP contribution in [-0.4, -0.2) is 32.8 Å². The lowest BCUT2D eigenvalue weighted by Gasteiger charge is -2.27. The highest BCUT2D eigenvalue weighted by molar-refractivity contribution is 6.30. The number of hydrogen-bond acceptors (Lipinski definition) is 5. The summed E-state index contributed by atoms with van der Waals surface area (Å²) < 4.78 is 7.00. The van der Waals surface area contributed by atoms with Crippen molar-refractivity contribution in [3.8, 4) is 11.9 Å². The summed E-state index contributed by atoms with van der Waals surface area (Å²) in [6, 6.07) is 5.97. The van der Waals surface area contributed by atoms with Gasteiger partial charge < -0.3 is 10.1 Å². The lowest BCUT2D eigenvalue weighted by Crippen LogP contribution is -2.34. The van der Waals surface area contributed by atoms with Gasteiger partial charge in [-0.25, -0.2) is 14.8 Å². The monoisotopic (exact) mass is 417 g/mol. The number of alkyl carbamates (subject to hydrolysis) is 1. The number of carbonyl (C=O) groups is 1. The number of pyridine rings is 1. The molecule has 0 fully saturated rings. The topological polar surface area (TPSA) is 92.8 Å². The number of nitriles is 1. The summed E-state index contributed by atoms with van der Waals surface area (Å²) >= 11 is 5.89. The molecule has 0 spiro atoms. The Kier molecular flexibility index (Phi) is 7.26. The summed E-state index contributed by atoms with van der Waals surface area (Å²) in [5.41, 5.74) is -0.595. The fraction of sp³-hybridized carbons (Fsp3) is 0.524. The molecule has 0 aliphatic rings. The van der Waals surface area contributed by atoms with E-state index in [4.69, 9.17) is 16.3 Å². The number of ether oxygens (including phenoxy) is 1. The Morgan fingerprint density at radius 3 is 2.66 bits per heavy atom. The second-order valence-electron chi connectivity index (χ2n) is 8.29. The van der Waals surface area contributed by atoms with Crippen LogP contribution in [0.1, 0.15) is 53.2 Å². The fourth-order valence-corrected chi connectivity index (χ4v) is 2.97. The van der Waals surface area contributed by atoms with Crippen molar-refractivity contribution in [2.75, 3.05) is 6.54 Å². The SMILES string of the molecule is CC(CCCNC(=O)OC(C)(C)C)C(C)(C#N)c1cn(-c2ccc(Cl)cn2)cn1. The van der Waals surface area contributed by atoms with Gasteiger partial charge in [0, 0.05) is 18.9 Å². The van der Waals surface area contributed by atoms with Crippen molar-refractivity contribution < 1.29 is 9.53 Å². The van der Waals surface area contributed by atoms with Gasteiger partial charge in [-0.3, -0.25) is 4.57 Å². The maximum Gasteiger partial charge on any atom is 0.407 e. The van der Waals surface area contributed by atoms with E-state index in [0.717, 1.165) is 12.8 Å². The molecule has 7 nitrogen and oxygen atoms in total. The minimum Gasteiger partial charge on any atom is -0.444 e. The molecule has 2 unspecified atom stereocenters. The van der Waals surface area contributed by atoms with E-state index in [0.29, 0.717) is 23.1 Å². The normalized spacial score (nSPS) is 14.5. The average molecular weight is 418 g/mol. The van der Waals surface area contributed by atoms with E-state index in [1.807, 2.05) is 40.8 Å². The molecule has 2 rings (SSSR count). The highest BCUT2D eigenvalue weighted by atomic mass is 35.5. The molecule has 0 radical (unpaired) electrons. The molecule has 2 atom stereocenters. The third-order valence-corrected chi connectivity index (χ3v) is 5.01.